The molecule has 25 heavy (non-hydrogen) atoms. The third-order valence-corrected chi connectivity index (χ3v) is 5.49. The largest absolute Gasteiger partial charge is 0.496 e. The molecule has 2 atom stereocenters. The number of nitrogens with one attached hydrogen (secondary N) is 1. The minimum absolute atomic E-state index is 0.0573. The van der Waals surface area contributed by atoms with Gasteiger partial charge in [-0.2, -0.15) is 0 Å². The van der Waals surface area contributed by atoms with E-state index in [-0.39, 0.29) is 18.2 Å². The molecule has 0 bridgehead atoms. The molecule has 134 valence electrons. The molecular formula is C18H20BrNO4S. The van der Waals surface area contributed by atoms with Gasteiger partial charge in [-0.25, -0.2) is 4.79 Å². The lowest BCUT2D eigenvalue weighted by Crippen LogP contribution is -2.34. The Morgan fingerprint density at radius 2 is 2.04 bits per heavy atom. The number of carbonyl (C=O) groups excluding carboxylic acids is 1. The van der Waals surface area contributed by atoms with Crippen molar-refractivity contribution >= 4 is 39.1 Å². The topological polar surface area (TPSA) is 75.6 Å². The average Bonchev–Trinajstić information content (AvgIpc) is 2.98. The summed E-state index contributed by atoms with van der Waals surface area (Å²) in [4.78, 5) is 23.8. The Balaban J connectivity index is 2.06. The molecule has 0 aliphatic heterocycles. The van der Waals surface area contributed by atoms with Crippen molar-refractivity contribution in [3.05, 3.63) is 50.1 Å². The molecule has 0 aliphatic rings. The van der Waals surface area contributed by atoms with Crippen LogP contribution in [0.15, 0.2) is 33.4 Å². The maximum absolute atomic E-state index is 12.3. The second-order valence-electron chi connectivity index (χ2n) is 5.86. The third-order valence-electron chi connectivity index (χ3n) is 3.97. The molecule has 7 heteroatoms. The van der Waals surface area contributed by atoms with Crippen molar-refractivity contribution in [2.24, 2.45) is 0 Å². The van der Waals surface area contributed by atoms with Crippen molar-refractivity contribution in [1.29, 1.82) is 0 Å². The SMILES string of the molecule is COc1cc([C@@H](C)CC(=O)NC(C(=O)O)c2csc(Br)c2)ccc1C. The number of aryl methyl sites for hydroxylation is 1. The first-order valence-corrected chi connectivity index (χ1v) is 9.39. The van der Waals surface area contributed by atoms with E-state index in [2.05, 4.69) is 21.2 Å². The van der Waals surface area contributed by atoms with Crippen LogP contribution < -0.4 is 10.1 Å². The molecule has 2 rings (SSSR count). The summed E-state index contributed by atoms with van der Waals surface area (Å²) in [5.74, 6) is -0.667. The highest BCUT2D eigenvalue weighted by atomic mass is 79.9. The van der Waals surface area contributed by atoms with E-state index in [4.69, 9.17) is 4.74 Å². The van der Waals surface area contributed by atoms with Crippen LogP contribution in [0.3, 0.4) is 0 Å². The fourth-order valence-corrected chi connectivity index (χ4v) is 3.72. The van der Waals surface area contributed by atoms with E-state index >= 15 is 0 Å². The van der Waals surface area contributed by atoms with Crippen molar-refractivity contribution in [1.82, 2.24) is 5.32 Å². The van der Waals surface area contributed by atoms with Gasteiger partial charge >= 0.3 is 5.97 Å². The lowest BCUT2D eigenvalue weighted by atomic mass is 9.96. The number of carboxylic acids is 1. The first-order valence-electron chi connectivity index (χ1n) is 7.72. The van der Waals surface area contributed by atoms with Gasteiger partial charge in [0.05, 0.1) is 10.9 Å². The van der Waals surface area contributed by atoms with Crippen molar-refractivity contribution in [3.8, 4) is 5.75 Å². The van der Waals surface area contributed by atoms with Crippen LogP contribution in [0, 0.1) is 6.92 Å². The normalized spacial score (nSPS) is 13.1. The van der Waals surface area contributed by atoms with Crippen LogP contribution in [0.5, 0.6) is 5.75 Å². The number of hydrogen-bond donors (Lipinski definition) is 2. The van der Waals surface area contributed by atoms with Crippen molar-refractivity contribution < 1.29 is 19.4 Å². The molecule has 1 aromatic carbocycles. The first kappa shape index (κ1) is 19.5. The van der Waals surface area contributed by atoms with E-state index in [0.717, 1.165) is 20.7 Å². The zero-order chi connectivity index (χ0) is 18.6. The highest BCUT2D eigenvalue weighted by molar-refractivity contribution is 9.11. The molecule has 1 heterocycles. The zero-order valence-corrected chi connectivity index (χ0v) is 16.6. The lowest BCUT2D eigenvalue weighted by Gasteiger charge is -2.17. The predicted molar refractivity (Wildman–Crippen MR) is 101 cm³/mol. The van der Waals surface area contributed by atoms with E-state index in [0.29, 0.717) is 5.56 Å². The van der Waals surface area contributed by atoms with E-state index in [1.165, 1.54) is 11.3 Å². The lowest BCUT2D eigenvalue weighted by molar-refractivity contribution is -0.142. The molecule has 0 spiro atoms. The minimum atomic E-state index is -1.08. The molecule has 2 aromatic rings. The van der Waals surface area contributed by atoms with Crippen LogP contribution in [-0.4, -0.2) is 24.1 Å². The van der Waals surface area contributed by atoms with Gasteiger partial charge in [0.15, 0.2) is 6.04 Å². The highest BCUT2D eigenvalue weighted by Gasteiger charge is 2.24. The van der Waals surface area contributed by atoms with Gasteiger partial charge in [0.1, 0.15) is 5.75 Å². The number of rotatable bonds is 7. The molecule has 0 aliphatic carbocycles. The van der Waals surface area contributed by atoms with E-state index in [1.807, 2.05) is 32.0 Å². The summed E-state index contributed by atoms with van der Waals surface area (Å²) >= 11 is 4.69. The number of benzene rings is 1. The number of thiophene rings is 1. The third kappa shape index (κ3) is 5.06. The van der Waals surface area contributed by atoms with Gasteiger partial charge in [0, 0.05) is 6.42 Å². The van der Waals surface area contributed by atoms with Gasteiger partial charge in [-0.3, -0.25) is 4.79 Å². The maximum Gasteiger partial charge on any atom is 0.330 e. The summed E-state index contributed by atoms with van der Waals surface area (Å²) < 4.78 is 6.14. The van der Waals surface area contributed by atoms with Crippen molar-refractivity contribution in [2.45, 2.75) is 32.2 Å². The number of methoxy groups -OCH3 is 1. The van der Waals surface area contributed by atoms with E-state index in [1.54, 1.807) is 18.6 Å². The first-order chi connectivity index (χ1) is 11.8. The van der Waals surface area contributed by atoms with Gasteiger partial charge < -0.3 is 15.2 Å². The summed E-state index contributed by atoms with van der Waals surface area (Å²) in [6.07, 6.45) is 0.196. The minimum Gasteiger partial charge on any atom is -0.496 e. The number of halogens is 1. The summed E-state index contributed by atoms with van der Waals surface area (Å²) in [5, 5.41) is 13.7. The Morgan fingerprint density at radius 3 is 2.60 bits per heavy atom. The van der Waals surface area contributed by atoms with Crippen molar-refractivity contribution in [3.63, 3.8) is 0 Å². The molecule has 5 nitrogen and oxygen atoms in total. The van der Waals surface area contributed by atoms with Gasteiger partial charge in [-0.05, 0) is 63.0 Å². The molecular weight excluding hydrogens is 406 g/mol. The van der Waals surface area contributed by atoms with Gasteiger partial charge in [0.25, 0.3) is 0 Å². The molecule has 1 aromatic heterocycles. The highest BCUT2D eigenvalue weighted by Crippen LogP contribution is 2.28. The molecule has 1 amide bonds. The molecule has 1 unspecified atom stereocenters. The Labute approximate surface area is 159 Å². The van der Waals surface area contributed by atoms with Crippen LogP contribution in [-0.2, 0) is 9.59 Å². The van der Waals surface area contributed by atoms with E-state index < -0.39 is 12.0 Å². The Hall–Kier alpha value is -1.86. The van der Waals surface area contributed by atoms with E-state index in [9.17, 15) is 14.7 Å². The number of carbonyl (C=O) groups is 2. The summed E-state index contributed by atoms with van der Waals surface area (Å²) in [5.41, 5.74) is 2.56. The molecule has 0 radical (unpaired) electrons. The number of ether oxygens (including phenoxy) is 1. The number of carboxylic acid groups (broad SMARTS) is 1. The summed E-state index contributed by atoms with van der Waals surface area (Å²) in [6.45, 7) is 3.89. The molecule has 0 saturated carbocycles. The van der Waals surface area contributed by atoms with Crippen LogP contribution >= 0.6 is 27.3 Å². The van der Waals surface area contributed by atoms with Crippen LogP contribution in [0.25, 0.3) is 0 Å². The number of hydrogen-bond acceptors (Lipinski definition) is 4. The van der Waals surface area contributed by atoms with Crippen molar-refractivity contribution in [2.75, 3.05) is 7.11 Å². The quantitative estimate of drug-likeness (QED) is 0.694. The molecule has 0 fully saturated rings. The van der Waals surface area contributed by atoms with Crippen LogP contribution in [0.1, 0.15) is 42.0 Å². The van der Waals surface area contributed by atoms with Crippen LogP contribution in [0.4, 0.5) is 0 Å². The molecule has 2 N–H and O–H groups in total. The predicted octanol–water partition coefficient (Wildman–Crippen LogP) is 4.26. The Kier molecular flexibility index (Phi) is 6.61. The second-order valence-corrected chi connectivity index (χ2v) is 8.15. The Bertz CT molecular complexity index is 774. The summed E-state index contributed by atoms with van der Waals surface area (Å²) in [7, 11) is 1.61. The number of amides is 1. The summed E-state index contributed by atoms with van der Waals surface area (Å²) in [6, 6.07) is 6.48. The average molecular weight is 426 g/mol. The number of aliphatic carboxylic acids is 1. The zero-order valence-electron chi connectivity index (χ0n) is 14.2. The van der Waals surface area contributed by atoms with Gasteiger partial charge in [-0.15, -0.1) is 11.3 Å². The smallest absolute Gasteiger partial charge is 0.330 e. The maximum atomic E-state index is 12.3. The Morgan fingerprint density at radius 1 is 1.32 bits per heavy atom. The second kappa shape index (κ2) is 8.49. The molecule has 0 saturated heterocycles. The fourth-order valence-electron chi connectivity index (χ4n) is 2.52. The van der Waals surface area contributed by atoms with Crippen LogP contribution in [0.2, 0.25) is 0 Å². The van der Waals surface area contributed by atoms with Gasteiger partial charge in [0.2, 0.25) is 5.91 Å². The monoisotopic (exact) mass is 425 g/mol. The standard InChI is InChI=1S/C18H20BrNO4S/c1-10-4-5-12(7-14(10)24-3)11(2)6-16(21)20-17(18(22)23)13-8-15(19)25-9-13/h4-5,7-9,11,17H,6H2,1-3H3,(H,20,21)(H,22,23)/t11-,17?/m0/s1. The fraction of sp³-hybridized carbons (Fsp3) is 0.333. The van der Waals surface area contributed by atoms with Gasteiger partial charge in [-0.1, -0.05) is 19.1 Å².